The first-order valence-electron chi connectivity index (χ1n) is 5.82. The molecule has 116 valence electrons. The van der Waals surface area contributed by atoms with Crippen LogP contribution in [0, 0.1) is 11.3 Å². The van der Waals surface area contributed by atoms with E-state index >= 15 is 0 Å². The Morgan fingerprint density at radius 3 is 2.24 bits per heavy atom. The van der Waals surface area contributed by atoms with Gasteiger partial charge in [0.15, 0.2) is 0 Å². The number of halogens is 3. The van der Waals surface area contributed by atoms with E-state index in [-0.39, 0.29) is 9.87 Å². The molecule has 0 saturated heterocycles. The Balaban J connectivity index is 2.92. The fraction of sp³-hybridized carbons (Fsp3) is 0.417. The number of alkyl halides is 3. The second kappa shape index (κ2) is 6.89. The first-order valence-corrected chi connectivity index (χ1v) is 7.43. The summed E-state index contributed by atoms with van der Waals surface area (Å²) in [4.78, 5) is 0. The smallest absolute Gasteiger partial charge is 0.395 e. The van der Waals surface area contributed by atoms with Crippen molar-refractivity contribution in [2.24, 2.45) is 0 Å². The van der Waals surface area contributed by atoms with Gasteiger partial charge in [0.1, 0.15) is 6.54 Å². The Hall–Kier alpha value is -1.63. The van der Waals surface area contributed by atoms with Gasteiger partial charge in [-0.3, -0.25) is 0 Å². The van der Waals surface area contributed by atoms with E-state index in [0.717, 1.165) is 0 Å². The predicted octanol–water partition coefficient (Wildman–Crippen LogP) is 1.24. The van der Waals surface area contributed by atoms with Gasteiger partial charge in [0, 0.05) is 6.54 Å². The summed E-state index contributed by atoms with van der Waals surface area (Å²) < 4.78 is 61.3. The molecule has 0 amide bonds. The summed E-state index contributed by atoms with van der Waals surface area (Å²) in [5, 5.41) is 17.3. The van der Waals surface area contributed by atoms with Crippen LogP contribution in [0.25, 0.3) is 0 Å². The van der Waals surface area contributed by atoms with E-state index in [1.54, 1.807) is 0 Å². The Labute approximate surface area is 120 Å². The lowest BCUT2D eigenvalue weighted by molar-refractivity contribution is -0.136. The normalized spacial score (nSPS) is 12.4. The number of nitriles is 1. The maximum atomic E-state index is 12.4. The molecule has 0 atom stereocenters. The van der Waals surface area contributed by atoms with Crippen LogP contribution in [0.2, 0.25) is 0 Å². The highest BCUT2D eigenvalue weighted by molar-refractivity contribution is 7.88. The van der Waals surface area contributed by atoms with Crippen molar-refractivity contribution in [3.05, 3.63) is 35.4 Å². The highest BCUT2D eigenvalue weighted by Gasteiger charge is 2.35. The average Bonchev–Trinajstić information content (AvgIpc) is 2.37. The van der Waals surface area contributed by atoms with Gasteiger partial charge in [-0.25, -0.2) is 8.42 Å². The molecule has 1 rings (SSSR count). The number of benzene rings is 1. The van der Waals surface area contributed by atoms with Gasteiger partial charge in [0.05, 0.1) is 24.0 Å². The summed E-state index contributed by atoms with van der Waals surface area (Å²) in [5.74, 6) is -0.630. The topological polar surface area (TPSA) is 81.4 Å². The summed E-state index contributed by atoms with van der Waals surface area (Å²) in [6.07, 6.45) is -4.69. The van der Waals surface area contributed by atoms with E-state index in [9.17, 15) is 21.6 Å². The van der Waals surface area contributed by atoms with E-state index in [0.29, 0.717) is 5.56 Å². The third kappa shape index (κ3) is 5.71. The summed E-state index contributed by atoms with van der Waals surface area (Å²) >= 11 is 0. The van der Waals surface area contributed by atoms with Gasteiger partial charge in [-0.15, -0.1) is 0 Å². The molecule has 0 heterocycles. The second-order valence-corrected chi connectivity index (χ2v) is 6.21. The van der Waals surface area contributed by atoms with Crippen molar-refractivity contribution in [2.45, 2.75) is 11.9 Å². The van der Waals surface area contributed by atoms with E-state index in [1.807, 2.05) is 6.07 Å². The molecule has 0 spiro atoms. The molecule has 0 aliphatic carbocycles. The van der Waals surface area contributed by atoms with Gasteiger partial charge in [0.2, 0.25) is 10.0 Å². The zero-order valence-electron chi connectivity index (χ0n) is 10.8. The van der Waals surface area contributed by atoms with Crippen molar-refractivity contribution in [2.75, 3.05) is 19.7 Å². The lowest BCUT2D eigenvalue weighted by atomic mass is 10.2. The fourth-order valence-electron chi connectivity index (χ4n) is 1.61. The number of hydrogen-bond donors (Lipinski definition) is 1. The zero-order valence-corrected chi connectivity index (χ0v) is 11.7. The lowest BCUT2D eigenvalue weighted by Gasteiger charge is -2.22. The number of hydrogen-bond acceptors (Lipinski definition) is 4. The van der Waals surface area contributed by atoms with E-state index in [2.05, 4.69) is 0 Å². The monoisotopic (exact) mass is 322 g/mol. The van der Waals surface area contributed by atoms with Crippen LogP contribution in [0.3, 0.4) is 0 Å². The molecule has 0 bridgehead atoms. The molecular formula is C12H13F3N2O3S. The molecule has 0 radical (unpaired) electrons. The summed E-state index contributed by atoms with van der Waals surface area (Å²) in [5.41, 5.74) is 0.581. The van der Waals surface area contributed by atoms with Crippen LogP contribution in [-0.4, -0.2) is 43.7 Å². The minimum atomic E-state index is -4.69. The highest BCUT2D eigenvalue weighted by Crippen LogP contribution is 2.20. The zero-order chi connectivity index (χ0) is 16.1. The van der Waals surface area contributed by atoms with Crippen LogP contribution in [0.1, 0.15) is 11.1 Å². The Kier molecular flexibility index (Phi) is 5.71. The quantitative estimate of drug-likeness (QED) is 0.854. The number of rotatable bonds is 6. The summed E-state index contributed by atoms with van der Waals surface area (Å²) in [6, 6.07) is 7.33. The number of nitrogens with zero attached hydrogens (tertiary/aromatic N) is 2. The Bertz CT molecular complexity index is 606. The van der Waals surface area contributed by atoms with Crippen molar-refractivity contribution in [1.82, 2.24) is 4.31 Å². The Morgan fingerprint density at radius 2 is 1.81 bits per heavy atom. The largest absolute Gasteiger partial charge is 0.402 e. The molecule has 5 nitrogen and oxygen atoms in total. The van der Waals surface area contributed by atoms with Crippen molar-refractivity contribution in [3.8, 4) is 6.07 Å². The molecule has 0 fully saturated rings. The molecule has 1 aromatic rings. The van der Waals surface area contributed by atoms with Gasteiger partial charge in [-0.1, -0.05) is 12.1 Å². The van der Waals surface area contributed by atoms with Crippen LogP contribution < -0.4 is 0 Å². The first kappa shape index (κ1) is 17.4. The first-order chi connectivity index (χ1) is 9.68. The van der Waals surface area contributed by atoms with E-state index in [1.165, 1.54) is 24.3 Å². The third-order valence-electron chi connectivity index (χ3n) is 2.53. The standard InChI is InChI=1S/C12H13F3N2O3S/c13-12(14,15)9-17(5-6-18)21(19,20)8-11-3-1-10(7-16)2-4-11/h1-4,18H,5-6,8-9H2. The number of sulfonamides is 1. The average molecular weight is 322 g/mol. The molecule has 21 heavy (non-hydrogen) atoms. The van der Waals surface area contributed by atoms with Crippen molar-refractivity contribution in [1.29, 1.82) is 5.26 Å². The van der Waals surface area contributed by atoms with Gasteiger partial charge < -0.3 is 5.11 Å². The molecule has 1 aromatic carbocycles. The molecule has 1 N–H and O–H groups in total. The van der Waals surface area contributed by atoms with Crippen LogP contribution in [0.5, 0.6) is 0 Å². The van der Waals surface area contributed by atoms with Crippen LogP contribution in [0.4, 0.5) is 13.2 Å². The molecule has 9 heteroatoms. The minimum Gasteiger partial charge on any atom is -0.395 e. The second-order valence-electron chi connectivity index (χ2n) is 4.24. The van der Waals surface area contributed by atoms with Gasteiger partial charge in [-0.2, -0.15) is 22.7 Å². The van der Waals surface area contributed by atoms with Crippen LogP contribution in [0.15, 0.2) is 24.3 Å². The van der Waals surface area contributed by atoms with Gasteiger partial charge in [0.25, 0.3) is 0 Å². The maximum Gasteiger partial charge on any atom is 0.402 e. The molecule has 0 aliphatic heterocycles. The molecule has 0 unspecified atom stereocenters. The number of aliphatic hydroxyl groups is 1. The van der Waals surface area contributed by atoms with Crippen LogP contribution in [-0.2, 0) is 15.8 Å². The van der Waals surface area contributed by atoms with Gasteiger partial charge >= 0.3 is 6.18 Å². The lowest BCUT2D eigenvalue weighted by Crippen LogP contribution is -2.41. The SMILES string of the molecule is N#Cc1ccc(CS(=O)(=O)N(CCO)CC(F)(F)F)cc1. The maximum absolute atomic E-state index is 12.4. The molecule has 0 aromatic heterocycles. The predicted molar refractivity (Wildman–Crippen MR) is 68.5 cm³/mol. The van der Waals surface area contributed by atoms with E-state index in [4.69, 9.17) is 10.4 Å². The molecular weight excluding hydrogens is 309 g/mol. The van der Waals surface area contributed by atoms with E-state index < -0.39 is 41.6 Å². The number of aliphatic hydroxyl groups excluding tert-OH is 1. The molecule has 0 saturated carbocycles. The molecule has 0 aliphatic rings. The summed E-state index contributed by atoms with van der Waals surface area (Å²) in [7, 11) is -4.22. The fourth-order valence-corrected chi connectivity index (χ4v) is 3.10. The third-order valence-corrected chi connectivity index (χ3v) is 4.33. The highest BCUT2D eigenvalue weighted by atomic mass is 32.2. The summed E-state index contributed by atoms with van der Waals surface area (Å²) in [6.45, 7) is -2.98. The van der Waals surface area contributed by atoms with Gasteiger partial charge in [-0.05, 0) is 17.7 Å². The van der Waals surface area contributed by atoms with Crippen molar-refractivity contribution >= 4 is 10.0 Å². The van der Waals surface area contributed by atoms with Crippen molar-refractivity contribution in [3.63, 3.8) is 0 Å². The minimum absolute atomic E-state index is 0.200. The Morgan fingerprint density at radius 1 is 1.24 bits per heavy atom. The van der Waals surface area contributed by atoms with Crippen molar-refractivity contribution < 1.29 is 26.7 Å². The van der Waals surface area contributed by atoms with Crippen LogP contribution >= 0.6 is 0 Å².